The molecule has 1 heterocycles. The molecule has 0 spiro atoms. The highest BCUT2D eigenvalue weighted by Crippen LogP contribution is 1.99. The second kappa shape index (κ2) is 5.16. The third-order valence-corrected chi connectivity index (χ3v) is 1.50. The predicted octanol–water partition coefficient (Wildman–Crippen LogP) is 0.760. The number of esters is 1. The fraction of sp³-hybridized carbons (Fsp3) is 0.444. The highest BCUT2D eigenvalue weighted by Gasteiger charge is 2.01. The number of nitrogens with one attached hydrogen (secondary N) is 1. The third-order valence-electron chi connectivity index (χ3n) is 1.50. The lowest BCUT2D eigenvalue weighted by atomic mass is 10.5. The number of ether oxygens (including phenoxy) is 1. The summed E-state index contributed by atoms with van der Waals surface area (Å²) in [5, 5.41) is 2.84. The van der Waals surface area contributed by atoms with Gasteiger partial charge < -0.3 is 10.1 Å². The van der Waals surface area contributed by atoms with Crippen LogP contribution in [-0.4, -0.2) is 29.1 Å². The number of carbonyl (C=O) groups excluding carboxylic acids is 1. The Morgan fingerprint density at radius 3 is 3.07 bits per heavy atom. The SMILES string of the molecule is CCOC(=O)CNc1ccnc(C)n1. The molecule has 5 heteroatoms. The molecule has 0 radical (unpaired) electrons. The molecule has 0 atom stereocenters. The molecule has 0 saturated carbocycles. The standard InChI is InChI=1S/C9H13N3O2/c1-3-14-9(13)6-11-8-4-5-10-7(2)12-8/h4-5H,3,6H2,1-2H3,(H,10,11,12). The van der Waals surface area contributed by atoms with E-state index >= 15 is 0 Å². The van der Waals surface area contributed by atoms with Crippen molar-refractivity contribution in [1.82, 2.24) is 9.97 Å². The minimum atomic E-state index is -0.288. The number of aryl methyl sites for hydroxylation is 1. The van der Waals surface area contributed by atoms with E-state index in [1.54, 1.807) is 26.1 Å². The quantitative estimate of drug-likeness (QED) is 0.718. The lowest BCUT2D eigenvalue weighted by molar-refractivity contribution is -0.140. The Morgan fingerprint density at radius 1 is 1.64 bits per heavy atom. The van der Waals surface area contributed by atoms with Crippen molar-refractivity contribution in [2.45, 2.75) is 13.8 Å². The normalized spacial score (nSPS) is 9.57. The van der Waals surface area contributed by atoms with Crippen LogP contribution >= 0.6 is 0 Å². The van der Waals surface area contributed by atoms with E-state index in [1.807, 2.05) is 0 Å². The van der Waals surface area contributed by atoms with Gasteiger partial charge >= 0.3 is 5.97 Å². The fourth-order valence-electron chi connectivity index (χ4n) is 0.929. The Balaban J connectivity index is 2.41. The van der Waals surface area contributed by atoms with Crippen LogP contribution in [0.4, 0.5) is 5.82 Å². The van der Waals surface area contributed by atoms with Gasteiger partial charge in [-0.05, 0) is 19.9 Å². The summed E-state index contributed by atoms with van der Waals surface area (Å²) < 4.78 is 4.75. The molecule has 1 rings (SSSR count). The van der Waals surface area contributed by atoms with Gasteiger partial charge in [-0.15, -0.1) is 0 Å². The molecule has 0 aromatic carbocycles. The average Bonchev–Trinajstić information content (AvgIpc) is 2.15. The van der Waals surface area contributed by atoms with Crippen molar-refractivity contribution in [3.8, 4) is 0 Å². The summed E-state index contributed by atoms with van der Waals surface area (Å²) in [5.41, 5.74) is 0. The Morgan fingerprint density at radius 2 is 2.43 bits per heavy atom. The second-order valence-electron chi connectivity index (χ2n) is 2.65. The zero-order valence-corrected chi connectivity index (χ0v) is 8.28. The summed E-state index contributed by atoms with van der Waals surface area (Å²) in [5.74, 6) is 1.01. The van der Waals surface area contributed by atoms with Crippen LogP contribution in [-0.2, 0) is 9.53 Å². The molecule has 1 aromatic heterocycles. The third kappa shape index (κ3) is 3.38. The molecule has 0 saturated heterocycles. The van der Waals surface area contributed by atoms with Crippen LogP contribution in [0.1, 0.15) is 12.7 Å². The second-order valence-corrected chi connectivity index (χ2v) is 2.65. The van der Waals surface area contributed by atoms with Gasteiger partial charge in [0.25, 0.3) is 0 Å². The van der Waals surface area contributed by atoms with Gasteiger partial charge in [0.2, 0.25) is 0 Å². The largest absolute Gasteiger partial charge is 0.465 e. The molecule has 0 aliphatic carbocycles. The summed E-state index contributed by atoms with van der Waals surface area (Å²) in [4.78, 5) is 19.0. The Bertz CT molecular complexity index is 315. The molecule has 5 nitrogen and oxygen atoms in total. The monoisotopic (exact) mass is 195 g/mol. The van der Waals surface area contributed by atoms with Gasteiger partial charge in [-0.3, -0.25) is 4.79 Å². The fourth-order valence-corrected chi connectivity index (χ4v) is 0.929. The average molecular weight is 195 g/mol. The van der Waals surface area contributed by atoms with Crippen molar-refractivity contribution in [1.29, 1.82) is 0 Å². The summed E-state index contributed by atoms with van der Waals surface area (Å²) in [7, 11) is 0. The van der Waals surface area contributed by atoms with Crippen LogP contribution < -0.4 is 5.32 Å². The summed E-state index contributed by atoms with van der Waals surface area (Å²) in [6.45, 7) is 4.08. The first kappa shape index (κ1) is 10.4. The highest BCUT2D eigenvalue weighted by molar-refractivity contribution is 5.74. The topological polar surface area (TPSA) is 64.1 Å². The van der Waals surface area contributed by atoms with E-state index in [9.17, 15) is 4.79 Å². The van der Waals surface area contributed by atoms with Crippen LogP contribution in [0.25, 0.3) is 0 Å². The van der Waals surface area contributed by atoms with E-state index in [-0.39, 0.29) is 12.5 Å². The van der Waals surface area contributed by atoms with Gasteiger partial charge in [0.15, 0.2) is 0 Å². The molecular weight excluding hydrogens is 182 g/mol. The molecule has 0 aliphatic heterocycles. The number of nitrogens with zero attached hydrogens (tertiary/aromatic N) is 2. The van der Waals surface area contributed by atoms with Crippen LogP contribution in [0.3, 0.4) is 0 Å². The van der Waals surface area contributed by atoms with Crippen molar-refractivity contribution in [3.63, 3.8) is 0 Å². The van der Waals surface area contributed by atoms with Crippen LogP contribution in [0.2, 0.25) is 0 Å². The maximum Gasteiger partial charge on any atom is 0.325 e. The van der Waals surface area contributed by atoms with Crippen molar-refractivity contribution in [3.05, 3.63) is 18.1 Å². The van der Waals surface area contributed by atoms with Gasteiger partial charge in [-0.25, -0.2) is 9.97 Å². The lowest BCUT2D eigenvalue weighted by Crippen LogP contribution is -2.17. The zero-order valence-electron chi connectivity index (χ0n) is 8.28. The van der Waals surface area contributed by atoms with Crippen molar-refractivity contribution >= 4 is 11.8 Å². The molecule has 0 aliphatic rings. The number of anilines is 1. The summed E-state index contributed by atoms with van der Waals surface area (Å²) >= 11 is 0. The summed E-state index contributed by atoms with van der Waals surface area (Å²) in [6, 6.07) is 1.70. The van der Waals surface area contributed by atoms with Crippen LogP contribution in [0.5, 0.6) is 0 Å². The van der Waals surface area contributed by atoms with Crippen LogP contribution in [0, 0.1) is 6.92 Å². The molecule has 1 aromatic rings. The maximum absolute atomic E-state index is 11.0. The molecule has 0 fully saturated rings. The molecule has 0 unspecified atom stereocenters. The Hall–Kier alpha value is -1.65. The molecule has 0 amide bonds. The van der Waals surface area contributed by atoms with E-state index in [1.165, 1.54) is 0 Å². The van der Waals surface area contributed by atoms with Gasteiger partial charge in [-0.1, -0.05) is 0 Å². The number of carbonyl (C=O) groups is 1. The van der Waals surface area contributed by atoms with E-state index < -0.39 is 0 Å². The predicted molar refractivity (Wildman–Crippen MR) is 51.9 cm³/mol. The first-order chi connectivity index (χ1) is 6.72. The molecular formula is C9H13N3O2. The van der Waals surface area contributed by atoms with Crippen molar-refractivity contribution < 1.29 is 9.53 Å². The zero-order chi connectivity index (χ0) is 10.4. The first-order valence-corrected chi connectivity index (χ1v) is 4.41. The number of aromatic nitrogens is 2. The number of hydrogen-bond donors (Lipinski definition) is 1. The van der Waals surface area contributed by atoms with Crippen LogP contribution in [0.15, 0.2) is 12.3 Å². The van der Waals surface area contributed by atoms with Gasteiger partial charge in [0.05, 0.1) is 6.61 Å². The van der Waals surface area contributed by atoms with E-state index in [4.69, 9.17) is 4.74 Å². The minimum absolute atomic E-state index is 0.129. The minimum Gasteiger partial charge on any atom is -0.465 e. The molecule has 0 bridgehead atoms. The maximum atomic E-state index is 11.0. The van der Waals surface area contributed by atoms with Crippen molar-refractivity contribution in [2.24, 2.45) is 0 Å². The highest BCUT2D eigenvalue weighted by atomic mass is 16.5. The number of rotatable bonds is 4. The van der Waals surface area contributed by atoms with E-state index in [2.05, 4.69) is 15.3 Å². The summed E-state index contributed by atoms with van der Waals surface area (Å²) in [6.07, 6.45) is 1.63. The van der Waals surface area contributed by atoms with Gasteiger partial charge in [0.1, 0.15) is 18.2 Å². The van der Waals surface area contributed by atoms with E-state index in [0.29, 0.717) is 18.2 Å². The van der Waals surface area contributed by atoms with Gasteiger partial charge in [0, 0.05) is 6.20 Å². The molecule has 1 N–H and O–H groups in total. The Kier molecular flexibility index (Phi) is 3.84. The Labute approximate surface area is 82.5 Å². The lowest BCUT2D eigenvalue weighted by Gasteiger charge is -2.04. The van der Waals surface area contributed by atoms with Crippen molar-refractivity contribution in [2.75, 3.05) is 18.5 Å². The molecule has 76 valence electrons. The smallest absolute Gasteiger partial charge is 0.325 e. The first-order valence-electron chi connectivity index (χ1n) is 4.41. The number of hydrogen-bond acceptors (Lipinski definition) is 5. The van der Waals surface area contributed by atoms with Gasteiger partial charge in [-0.2, -0.15) is 0 Å². The molecule has 14 heavy (non-hydrogen) atoms. The van der Waals surface area contributed by atoms with E-state index in [0.717, 1.165) is 0 Å².